The number of carbonyl (C=O) groups excluding carboxylic acids is 1. The molecule has 0 bridgehead atoms. The van der Waals surface area contributed by atoms with Crippen molar-refractivity contribution in [2.45, 2.75) is 41.5 Å². The first-order valence-electron chi connectivity index (χ1n) is 8.92. The van der Waals surface area contributed by atoms with Gasteiger partial charge in [0.15, 0.2) is 5.16 Å². The van der Waals surface area contributed by atoms with E-state index in [4.69, 9.17) is 4.98 Å². The first-order chi connectivity index (χ1) is 12.6. The number of aromatic nitrogens is 2. The summed E-state index contributed by atoms with van der Waals surface area (Å²) in [6, 6.07) is 9.56. The summed E-state index contributed by atoms with van der Waals surface area (Å²) in [7, 11) is 0. The van der Waals surface area contributed by atoms with Gasteiger partial charge in [0, 0.05) is 24.8 Å². The second-order valence-electron chi connectivity index (χ2n) is 6.66. The summed E-state index contributed by atoms with van der Waals surface area (Å²) < 4.78 is 1.66. The Labute approximate surface area is 161 Å². The van der Waals surface area contributed by atoms with Crippen molar-refractivity contribution in [1.82, 2.24) is 14.5 Å². The maximum atomic E-state index is 13.1. The zero-order valence-corrected chi connectivity index (χ0v) is 16.3. The highest BCUT2D eigenvalue weighted by atomic mass is 32.2. The van der Waals surface area contributed by atoms with E-state index in [1.807, 2.05) is 35.2 Å². The second kappa shape index (κ2) is 7.48. The van der Waals surface area contributed by atoms with Gasteiger partial charge in [-0.2, -0.15) is 0 Å². The fraction of sp³-hybridized carbons (Fsp3) is 0.421. The SMILES string of the molecule is C[C@@H]1Cc2nc(SCC(=O)N3CCCC3)n(-c3ccccc3)c(=O)c2S1. The highest BCUT2D eigenvalue weighted by Gasteiger charge is 2.27. The van der Waals surface area contributed by atoms with E-state index in [1.54, 1.807) is 16.3 Å². The summed E-state index contributed by atoms with van der Waals surface area (Å²) in [5.74, 6) is 0.449. The third kappa shape index (κ3) is 3.42. The van der Waals surface area contributed by atoms with Crippen LogP contribution in [-0.2, 0) is 11.2 Å². The van der Waals surface area contributed by atoms with Gasteiger partial charge in [0.1, 0.15) is 0 Å². The standard InChI is InChI=1S/C19H21N3O2S2/c1-13-11-15-17(26-13)18(24)22(14-7-3-2-4-8-14)19(20-15)25-12-16(23)21-9-5-6-10-21/h2-4,7-8,13H,5-6,9-12H2,1H3/t13-/m1/s1. The summed E-state index contributed by atoms with van der Waals surface area (Å²) >= 11 is 2.97. The van der Waals surface area contributed by atoms with Gasteiger partial charge in [0.2, 0.25) is 5.91 Å². The minimum absolute atomic E-state index is 0.0216. The van der Waals surface area contributed by atoms with Crippen molar-refractivity contribution in [3.05, 3.63) is 46.4 Å². The minimum atomic E-state index is -0.0216. The number of carbonyl (C=O) groups is 1. The summed E-state index contributed by atoms with van der Waals surface area (Å²) in [5, 5.41) is 0.975. The molecule has 0 N–H and O–H groups in total. The molecule has 2 aromatic rings. The summed E-state index contributed by atoms with van der Waals surface area (Å²) in [4.78, 5) is 33.0. The van der Waals surface area contributed by atoms with Gasteiger partial charge >= 0.3 is 0 Å². The van der Waals surface area contributed by atoms with Gasteiger partial charge in [-0.05, 0) is 25.0 Å². The van der Waals surface area contributed by atoms with Gasteiger partial charge in [-0.3, -0.25) is 14.2 Å². The molecule has 136 valence electrons. The van der Waals surface area contributed by atoms with Crippen molar-refractivity contribution < 1.29 is 4.79 Å². The Morgan fingerprint density at radius 2 is 2.00 bits per heavy atom. The fourth-order valence-electron chi connectivity index (χ4n) is 3.39. The van der Waals surface area contributed by atoms with Gasteiger partial charge in [0.05, 0.1) is 22.0 Å². The molecule has 1 atom stereocenters. The highest BCUT2D eigenvalue weighted by molar-refractivity contribution is 8.00. The van der Waals surface area contributed by atoms with E-state index in [1.165, 1.54) is 11.8 Å². The molecule has 0 radical (unpaired) electrons. The average molecular weight is 388 g/mol. The quantitative estimate of drug-likeness (QED) is 0.596. The lowest BCUT2D eigenvalue weighted by Gasteiger charge is -2.16. The van der Waals surface area contributed by atoms with E-state index >= 15 is 0 Å². The first-order valence-corrected chi connectivity index (χ1v) is 10.8. The van der Waals surface area contributed by atoms with Crippen LogP contribution in [0.1, 0.15) is 25.5 Å². The number of thioether (sulfide) groups is 2. The molecule has 2 aliphatic rings. The molecule has 0 unspecified atom stereocenters. The van der Waals surface area contributed by atoms with Crippen LogP contribution in [0.25, 0.3) is 5.69 Å². The van der Waals surface area contributed by atoms with Gasteiger partial charge in [-0.25, -0.2) is 4.98 Å². The average Bonchev–Trinajstić information content (AvgIpc) is 3.30. The Hall–Kier alpha value is -1.73. The van der Waals surface area contributed by atoms with E-state index in [9.17, 15) is 9.59 Å². The molecule has 2 aliphatic heterocycles. The Balaban J connectivity index is 1.68. The monoisotopic (exact) mass is 387 g/mol. The van der Waals surface area contributed by atoms with Crippen LogP contribution >= 0.6 is 23.5 Å². The lowest BCUT2D eigenvalue weighted by Crippen LogP contribution is -2.30. The van der Waals surface area contributed by atoms with Crippen molar-refractivity contribution >= 4 is 29.4 Å². The van der Waals surface area contributed by atoms with Crippen molar-refractivity contribution in [2.24, 2.45) is 0 Å². The molecular formula is C19H21N3O2S2. The number of hydrogen-bond acceptors (Lipinski definition) is 5. The van der Waals surface area contributed by atoms with Crippen molar-refractivity contribution in [1.29, 1.82) is 0 Å². The van der Waals surface area contributed by atoms with Crippen molar-refractivity contribution in [3.8, 4) is 5.69 Å². The third-order valence-electron chi connectivity index (χ3n) is 4.68. The van der Waals surface area contributed by atoms with Crippen LogP contribution in [0.15, 0.2) is 45.2 Å². The number of hydrogen-bond donors (Lipinski definition) is 0. The Kier molecular flexibility index (Phi) is 5.09. The molecule has 1 saturated heterocycles. The number of para-hydroxylation sites is 1. The predicted molar refractivity (Wildman–Crippen MR) is 105 cm³/mol. The van der Waals surface area contributed by atoms with Crippen LogP contribution in [0, 0.1) is 0 Å². The molecule has 0 spiro atoms. The lowest BCUT2D eigenvalue weighted by molar-refractivity contribution is -0.127. The molecule has 1 fully saturated rings. The van der Waals surface area contributed by atoms with Crippen LogP contribution in [0.3, 0.4) is 0 Å². The molecule has 1 aromatic heterocycles. The molecule has 0 saturated carbocycles. The maximum absolute atomic E-state index is 13.1. The van der Waals surface area contributed by atoms with Crippen LogP contribution in [0.5, 0.6) is 0 Å². The molecule has 1 amide bonds. The number of nitrogens with zero attached hydrogens (tertiary/aromatic N) is 3. The Morgan fingerprint density at radius 1 is 1.27 bits per heavy atom. The largest absolute Gasteiger partial charge is 0.342 e. The number of fused-ring (bicyclic) bond motifs is 1. The smallest absolute Gasteiger partial charge is 0.272 e. The van der Waals surface area contributed by atoms with Crippen molar-refractivity contribution in [2.75, 3.05) is 18.8 Å². The first kappa shape index (κ1) is 17.7. The molecule has 5 nitrogen and oxygen atoms in total. The van der Waals surface area contributed by atoms with Crippen LogP contribution < -0.4 is 5.56 Å². The fourth-order valence-corrected chi connectivity index (χ4v) is 5.41. The number of amides is 1. The van der Waals surface area contributed by atoms with E-state index in [2.05, 4.69) is 6.92 Å². The second-order valence-corrected chi connectivity index (χ2v) is 9.05. The molecule has 7 heteroatoms. The molecular weight excluding hydrogens is 366 g/mol. The molecule has 1 aromatic carbocycles. The summed E-state index contributed by atoms with van der Waals surface area (Å²) in [6.45, 7) is 3.80. The van der Waals surface area contributed by atoms with Gasteiger partial charge in [-0.15, -0.1) is 11.8 Å². The topological polar surface area (TPSA) is 55.2 Å². The lowest BCUT2D eigenvalue weighted by atomic mass is 10.2. The number of likely N-dealkylation sites (tertiary alicyclic amines) is 1. The highest BCUT2D eigenvalue weighted by Crippen LogP contribution is 2.34. The molecule has 3 heterocycles. The Morgan fingerprint density at radius 3 is 2.73 bits per heavy atom. The van der Waals surface area contributed by atoms with Gasteiger partial charge in [-0.1, -0.05) is 36.9 Å². The third-order valence-corrected chi connectivity index (χ3v) is 6.82. The molecule has 4 rings (SSSR count). The molecule has 0 aliphatic carbocycles. The van der Waals surface area contributed by atoms with Crippen LogP contribution in [0.4, 0.5) is 0 Å². The van der Waals surface area contributed by atoms with E-state index < -0.39 is 0 Å². The minimum Gasteiger partial charge on any atom is -0.342 e. The zero-order chi connectivity index (χ0) is 18.1. The van der Waals surface area contributed by atoms with Crippen molar-refractivity contribution in [3.63, 3.8) is 0 Å². The number of rotatable bonds is 4. The Bertz CT molecular complexity index is 876. The van der Waals surface area contributed by atoms with Crippen LogP contribution in [0.2, 0.25) is 0 Å². The summed E-state index contributed by atoms with van der Waals surface area (Å²) in [5.41, 5.74) is 1.64. The van der Waals surface area contributed by atoms with E-state index in [0.717, 1.165) is 48.6 Å². The zero-order valence-electron chi connectivity index (χ0n) is 14.7. The van der Waals surface area contributed by atoms with Gasteiger partial charge in [0.25, 0.3) is 5.56 Å². The van der Waals surface area contributed by atoms with E-state index in [-0.39, 0.29) is 11.5 Å². The predicted octanol–water partition coefficient (Wildman–Crippen LogP) is 2.98. The normalized spacial score (nSPS) is 19.0. The van der Waals surface area contributed by atoms with E-state index in [0.29, 0.717) is 16.2 Å². The summed E-state index contributed by atoms with van der Waals surface area (Å²) in [6.07, 6.45) is 2.97. The van der Waals surface area contributed by atoms with Gasteiger partial charge < -0.3 is 4.90 Å². The maximum Gasteiger partial charge on any atom is 0.272 e. The number of benzene rings is 1. The van der Waals surface area contributed by atoms with Crippen LogP contribution in [-0.4, -0.2) is 44.5 Å². The molecule has 26 heavy (non-hydrogen) atoms.